The minimum atomic E-state index is 0.490. The highest BCUT2D eigenvalue weighted by atomic mass is 35.5. The minimum absolute atomic E-state index is 0.490. The van der Waals surface area contributed by atoms with Crippen LogP contribution in [0.2, 0.25) is 10.0 Å². The Hall–Kier alpha value is -1.96. The third kappa shape index (κ3) is 4.85. The van der Waals surface area contributed by atoms with Crippen molar-refractivity contribution >= 4 is 46.8 Å². The standard InChI is InChI=1S/C24H21Cl2N3OS2/c25-19-5-1-17(2-6-19)22-13-29(24(31)30-22)15-28-11-9-16(10-12-28)21-14-32-23(27-21)18-3-7-20(26)8-4-18/h1-8,13-14,16H,9-12,15H2. The Morgan fingerprint density at radius 1 is 0.969 bits per heavy atom. The number of benzene rings is 2. The van der Waals surface area contributed by atoms with Gasteiger partial charge in [0.25, 0.3) is 4.84 Å². The van der Waals surface area contributed by atoms with Gasteiger partial charge in [0.15, 0.2) is 5.76 Å². The molecule has 0 bridgehead atoms. The predicted molar refractivity (Wildman–Crippen MR) is 134 cm³/mol. The van der Waals surface area contributed by atoms with Crippen LogP contribution >= 0.6 is 46.8 Å². The number of oxazole rings is 1. The van der Waals surface area contributed by atoms with Crippen molar-refractivity contribution in [1.29, 1.82) is 0 Å². The van der Waals surface area contributed by atoms with Crippen LogP contribution in [0.1, 0.15) is 24.5 Å². The Morgan fingerprint density at radius 3 is 2.25 bits per heavy atom. The molecule has 0 atom stereocenters. The first kappa shape index (κ1) is 21.9. The van der Waals surface area contributed by atoms with Gasteiger partial charge >= 0.3 is 0 Å². The molecule has 32 heavy (non-hydrogen) atoms. The van der Waals surface area contributed by atoms with Gasteiger partial charge in [0.2, 0.25) is 0 Å². The number of nitrogens with zero attached hydrogens (tertiary/aromatic N) is 3. The summed E-state index contributed by atoms with van der Waals surface area (Å²) < 4.78 is 7.82. The van der Waals surface area contributed by atoms with E-state index in [9.17, 15) is 0 Å². The zero-order valence-corrected chi connectivity index (χ0v) is 20.4. The Balaban J connectivity index is 1.21. The second kappa shape index (κ2) is 9.49. The maximum atomic E-state index is 6.01. The topological polar surface area (TPSA) is 34.2 Å². The van der Waals surface area contributed by atoms with Crippen LogP contribution in [0.15, 0.2) is 64.5 Å². The molecule has 1 aliphatic rings. The molecule has 0 spiro atoms. The molecule has 0 aliphatic carbocycles. The number of aromatic nitrogens is 2. The van der Waals surface area contributed by atoms with Gasteiger partial charge in [-0.25, -0.2) is 4.98 Å². The van der Waals surface area contributed by atoms with Crippen molar-refractivity contribution in [3.8, 4) is 21.9 Å². The van der Waals surface area contributed by atoms with Crippen LogP contribution in [0, 0.1) is 4.84 Å². The van der Waals surface area contributed by atoms with Crippen LogP contribution in [0.25, 0.3) is 21.9 Å². The molecule has 8 heteroatoms. The summed E-state index contributed by atoms with van der Waals surface area (Å²) in [5.74, 6) is 1.25. The van der Waals surface area contributed by atoms with E-state index in [-0.39, 0.29) is 0 Å². The molecule has 4 aromatic rings. The number of likely N-dealkylation sites (tertiary alicyclic amines) is 1. The molecule has 1 aliphatic heterocycles. The lowest BCUT2D eigenvalue weighted by Gasteiger charge is -2.31. The maximum absolute atomic E-state index is 6.01. The molecule has 0 N–H and O–H groups in total. The van der Waals surface area contributed by atoms with E-state index in [4.69, 9.17) is 44.8 Å². The van der Waals surface area contributed by atoms with Crippen molar-refractivity contribution in [2.24, 2.45) is 0 Å². The van der Waals surface area contributed by atoms with E-state index >= 15 is 0 Å². The molecule has 4 nitrogen and oxygen atoms in total. The van der Waals surface area contributed by atoms with Crippen LogP contribution in [0.4, 0.5) is 0 Å². The van der Waals surface area contributed by atoms with Gasteiger partial charge in [-0.3, -0.25) is 9.47 Å². The van der Waals surface area contributed by atoms with E-state index in [1.54, 1.807) is 11.3 Å². The second-order valence-corrected chi connectivity index (χ2v) is 10.0. The smallest absolute Gasteiger partial charge is 0.270 e. The third-order valence-corrected chi connectivity index (χ3v) is 7.54. The Labute approximate surface area is 206 Å². The number of piperidine rings is 1. The van der Waals surface area contributed by atoms with Crippen molar-refractivity contribution in [2.75, 3.05) is 13.1 Å². The van der Waals surface area contributed by atoms with Gasteiger partial charge in [-0.05, 0) is 61.5 Å². The molecular weight excluding hydrogens is 481 g/mol. The molecule has 0 saturated carbocycles. The SMILES string of the molecule is S=c1oc(-c2ccc(Cl)cc2)cn1CN1CCC(c2csc(-c3ccc(Cl)cc3)n2)CC1. The molecular formula is C24H21Cl2N3OS2. The fourth-order valence-corrected chi connectivity index (χ4v) is 5.36. The molecule has 164 valence electrons. The van der Waals surface area contributed by atoms with Gasteiger partial charge < -0.3 is 4.42 Å². The number of hydrogen-bond donors (Lipinski definition) is 0. The summed E-state index contributed by atoms with van der Waals surface area (Å²) in [6.07, 6.45) is 4.15. The van der Waals surface area contributed by atoms with Crippen molar-refractivity contribution in [3.05, 3.63) is 80.7 Å². The molecule has 3 heterocycles. The van der Waals surface area contributed by atoms with E-state index in [0.29, 0.717) is 15.8 Å². The summed E-state index contributed by atoms with van der Waals surface area (Å²) in [6.45, 7) is 2.74. The van der Waals surface area contributed by atoms with Crippen LogP contribution in [-0.4, -0.2) is 27.5 Å². The van der Waals surface area contributed by atoms with Crippen LogP contribution < -0.4 is 0 Å². The number of halogens is 2. The quantitative estimate of drug-likeness (QED) is 0.262. The van der Waals surface area contributed by atoms with Crippen molar-refractivity contribution in [1.82, 2.24) is 14.5 Å². The van der Waals surface area contributed by atoms with Crippen molar-refractivity contribution < 1.29 is 4.42 Å². The highest BCUT2D eigenvalue weighted by Crippen LogP contribution is 2.33. The zero-order chi connectivity index (χ0) is 22.1. The Kier molecular flexibility index (Phi) is 6.49. The zero-order valence-electron chi connectivity index (χ0n) is 17.2. The van der Waals surface area contributed by atoms with Crippen LogP contribution in [-0.2, 0) is 6.67 Å². The van der Waals surface area contributed by atoms with Crippen LogP contribution in [0.5, 0.6) is 0 Å². The van der Waals surface area contributed by atoms with Gasteiger partial charge in [0, 0.05) is 45.6 Å². The molecule has 2 aromatic heterocycles. The molecule has 2 aromatic carbocycles. The van der Waals surface area contributed by atoms with E-state index in [0.717, 1.165) is 59.5 Å². The van der Waals surface area contributed by atoms with Crippen molar-refractivity contribution in [3.63, 3.8) is 0 Å². The fraction of sp³-hybridized carbons (Fsp3) is 0.250. The van der Waals surface area contributed by atoms with Gasteiger partial charge in [-0.15, -0.1) is 11.3 Å². The third-order valence-electron chi connectivity index (χ3n) is 5.80. The molecule has 1 fully saturated rings. The fourth-order valence-electron chi connectivity index (χ4n) is 4.00. The normalized spacial score (nSPS) is 15.3. The van der Waals surface area contributed by atoms with Gasteiger partial charge in [-0.1, -0.05) is 35.3 Å². The minimum Gasteiger partial charge on any atom is -0.429 e. The van der Waals surface area contributed by atoms with Crippen LogP contribution in [0.3, 0.4) is 0 Å². The van der Waals surface area contributed by atoms with Gasteiger partial charge in [-0.2, -0.15) is 0 Å². The largest absolute Gasteiger partial charge is 0.429 e. The summed E-state index contributed by atoms with van der Waals surface area (Å²) >= 11 is 19.1. The second-order valence-electron chi connectivity index (χ2n) is 7.96. The highest BCUT2D eigenvalue weighted by molar-refractivity contribution is 7.71. The average molecular weight is 502 g/mol. The highest BCUT2D eigenvalue weighted by Gasteiger charge is 2.23. The number of hydrogen-bond acceptors (Lipinski definition) is 5. The summed E-state index contributed by atoms with van der Waals surface area (Å²) in [6, 6.07) is 15.5. The van der Waals surface area contributed by atoms with E-state index in [2.05, 4.69) is 10.3 Å². The predicted octanol–water partition coefficient (Wildman–Crippen LogP) is 7.74. The van der Waals surface area contributed by atoms with E-state index in [1.807, 2.05) is 59.3 Å². The van der Waals surface area contributed by atoms with Gasteiger partial charge in [0.05, 0.1) is 18.6 Å². The summed E-state index contributed by atoms with van der Waals surface area (Å²) in [4.78, 5) is 7.82. The average Bonchev–Trinajstić information content (AvgIpc) is 3.43. The lowest BCUT2D eigenvalue weighted by Crippen LogP contribution is -2.34. The number of thiazole rings is 1. The first-order valence-electron chi connectivity index (χ1n) is 10.4. The lowest BCUT2D eigenvalue weighted by molar-refractivity contribution is 0.165. The number of rotatable bonds is 5. The monoisotopic (exact) mass is 501 g/mol. The first-order chi connectivity index (χ1) is 15.5. The maximum Gasteiger partial charge on any atom is 0.270 e. The Bertz CT molecular complexity index is 1250. The van der Waals surface area contributed by atoms with Crippen molar-refractivity contribution in [2.45, 2.75) is 25.4 Å². The van der Waals surface area contributed by atoms with E-state index < -0.39 is 0 Å². The summed E-state index contributed by atoms with van der Waals surface area (Å²) in [7, 11) is 0. The molecule has 0 unspecified atom stereocenters. The van der Waals surface area contributed by atoms with E-state index in [1.165, 1.54) is 5.69 Å². The molecule has 5 rings (SSSR count). The Morgan fingerprint density at radius 2 is 1.59 bits per heavy atom. The first-order valence-corrected chi connectivity index (χ1v) is 12.5. The molecule has 1 saturated heterocycles. The lowest BCUT2D eigenvalue weighted by atomic mass is 9.94. The summed E-state index contributed by atoms with van der Waals surface area (Å²) in [5.41, 5.74) is 3.29. The summed E-state index contributed by atoms with van der Waals surface area (Å²) in [5, 5.41) is 4.71. The van der Waals surface area contributed by atoms with Gasteiger partial charge in [0.1, 0.15) is 5.01 Å². The molecule has 0 radical (unpaired) electrons. The molecule has 0 amide bonds.